The normalized spacial score (nSPS) is 11.5. The number of halogens is 1. The van der Waals surface area contributed by atoms with Crippen LogP contribution in [0.15, 0.2) is 58.2 Å². The maximum Gasteiger partial charge on any atom is 0.277 e. The first-order valence-electron chi connectivity index (χ1n) is 8.59. The Kier molecular flexibility index (Phi) is 7.07. The van der Waals surface area contributed by atoms with Crippen molar-refractivity contribution < 1.29 is 17.6 Å². The molecule has 0 aliphatic carbocycles. The van der Waals surface area contributed by atoms with E-state index in [0.29, 0.717) is 40.2 Å². The molecule has 7 nitrogen and oxygen atoms in total. The molecule has 0 aliphatic heterocycles. The quantitative estimate of drug-likeness (QED) is 0.392. The van der Waals surface area contributed by atoms with Crippen LogP contribution in [0.5, 0.6) is 0 Å². The molecule has 0 saturated carbocycles. The lowest BCUT2D eigenvalue weighted by Crippen LogP contribution is -2.24. The summed E-state index contributed by atoms with van der Waals surface area (Å²) in [6.07, 6.45) is 1.67. The largest absolute Gasteiger partial charge is 0.411 e. The third-order valence-corrected chi connectivity index (χ3v) is 5.64. The molecule has 0 spiro atoms. The topological polar surface area (TPSA) is 102 Å². The van der Waals surface area contributed by atoms with E-state index >= 15 is 0 Å². The van der Waals surface area contributed by atoms with Crippen molar-refractivity contribution in [3.05, 3.63) is 64.7 Å². The average molecular weight is 452 g/mol. The molecular weight excluding hydrogens is 434 g/mol. The lowest BCUT2D eigenvalue weighted by atomic mass is 10.1. The summed E-state index contributed by atoms with van der Waals surface area (Å²) in [5.41, 5.74) is 2.21. The Balaban J connectivity index is 1.53. The van der Waals surface area contributed by atoms with E-state index in [1.807, 2.05) is 18.2 Å². The Morgan fingerprint density at radius 2 is 1.93 bits per heavy atom. The molecule has 29 heavy (non-hydrogen) atoms. The van der Waals surface area contributed by atoms with E-state index in [-0.39, 0.29) is 11.5 Å². The second-order valence-electron chi connectivity index (χ2n) is 6.21. The van der Waals surface area contributed by atoms with E-state index < -0.39 is 10.0 Å². The fraction of sp³-hybridized carbons (Fsp3) is 0.211. The summed E-state index contributed by atoms with van der Waals surface area (Å²) in [5.74, 6) is 0.430. The number of aromatic nitrogens is 2. The second-order valence-corrected chi connectivity index (χ2v) is 9.40. The fourth-order valence-corrected chi connectivity index (χ4v) is 3.78. The Bertz CT molecular complexity index is 1100. The maximum absolute atomic E-state index is 12.4. The Morgan fingerprint density at radius 3 is 2.62 bits per heavy atom. The van der Waals surface area contributed by atoms with Gasteiger partial charge >= 0.3 is 0 Å². The number of benzene rings is 2. The standard InChI is InChI=1S/C19H18ClN3O4S2/c1-29(25,26)21-10-9-13-5-7-14(8-6-13)17(24)12-28-19-23-22-18(27-19)15-3-2-4-16(20)11-15/h2-8,11,21H,9-10,12H2,1H3. The van der Waals surface area contributed by atoms with Crippen LogP contribution in [0.3, 0.4) is 0 Å². The van der Waals surface area contributed by atoms with Crippen molar-refractivity contribution in [2.45, 2.75) is 11.6 Å². The summed E-state index contributed by atoms with van der Waals surface area (Å²) >= 11 is 7.13. The van der Waals surface area contributed by atoms with Gasteiger partial charge < -0.3 is 4.42 Å². The zero-order valence-electron chi connectivity index (χ0n) is 15.5. The van der Waals surface area contributed by atoms with Gasteiger partial charge in [0.1, 0.15) is 0 Å². The Morgan fingerprint density at radius 1 is 1.17 bits per heavy atom. The molecule has 0 unspecified atom stereocenters. The van der Waals surface area contributed by atoms with Crippen molar-refractivity contribution in [3.63, 3.8) is 0 Å². The van der Waals surface area contributed by atoms with Gasteiger partial charge in [0.2, 0.25) is 15.9 Å². The van der Waals surface area contributed by atoms with Crippen LogP contribution in [0.1, 0.15) is 15.9 Å². The van der Waals surface area contributed by atoms with E-state index in [0.717, 1.165) is 23.6 Å². The van der Waals surface area contributed by atoms with Crippen LogP contribution in [-0.4, -0.2) is 43.0 Å². The third kappa shape index (κ3) is 6.67. The van der Waals surface area contributed by atoms with Crippen molar-refractivity contribution in [1.82, 2.24) is 14.9 Å². The first-order chi connectivity index (χ1) is 13.8. The molecule has 0 atom stereocenters. The maximum atomic E-state index is 12.4. The summed E-state index contributed by atoms with van der Waals surface area (Å²) in [6.45, 7) is 0.314. The first-order valence-corrected chi connectivity index (χ1v) is 11.8. The summed E-state index contributed by atoms with van der Waals surface area (Å²) in [6, 6.07) is 14.2. The number of nitrogens with one attached hydrogen (secondary N) is 1. The fourth-order valence-electron chi connectivity index (χ4n) is 2.45. The number of hydrogen-bond acceptors (Lipinski definition) is 7. The van der Waals surface area contributed by atoms with E-state index in [2.05, 4.69) is 14.9 Å². The van der Waals surface area contributed by atoms with Crippen molar-refractivity contribution in [2.75, 3.05) is 18.6 Å². The van der Waals surface area contributed by atoms with Crippen molar-refractivity contribution >= 4 is 39.2 Å². The summed E-state index contributed by atoms with van der Waals surface area (Å²) in [7, 11) is -3.20. The van der Waals surface area contributed by atoms with Gasteiger partial charge in [-0.15, -0.1) is 10.2 Å². The molecule has 1 N–H and O–H groups in total. The van der Waals surface area contributed by atoms with Crippen LogP contribution in [-0.2, 0) is 16.4 Å². The van der Waals surface area contributed by atoms with Crippen LogP contribution in [0.25, 0.3) is 11.5 Å². The Labute approximate surface area is 177 Å². The molecule has 152 valence electrons. The highest BCUT2D eigenvalue weighted by molar-refractivity contribution is 7.99. The molecule has 10 heteroatoms. The number of hydrogen-bond donors (Lipinski definition) is 1. The van der Waals surface area contributed by atoms with E-state index in [1.165, 1.54) is 0 Å². The highest BCUT2D eigenvalue weighted by Gasteiger charge is 2.13. The van der Waals surface area contributed by atoms with Crippen LogP contribution < -0.4 is 4.72 Å². The monoisotopic (exact) mass is 451 g/mol. The molecular formula is C19H18ClN3O4S2. The molecule has 0 fully saturated rings. The molecule has 0 bridgehead atoms. The van der Waals surface area contributed by atoms with Crippen molar-refractivity contribution in [1.29, 1.82) is 0 Å². The zero-order valence-corrected chi connectivity index (χ0v) is 17.9. The number of carbonyl (C=O) groups excluding carboxylic acids is 1. The van der Waals surface area contributed by atoms with Gasteiger partial charge in [-0.2, -0.15) is 0 Å². The number of thioether (sulfide) groups is 1. The number of carbonyl (C=O) groups is 1. The predicted molar refractivity (Wildman–Crippen MR) is 113 cm³/mol. The van der Waals surface area contributed by atoms with Crippen LogP contribution in [0.2, 0.25) is 5.02 Å². The second kappa shape index (κ2) is 9.53. The minimum absolute atomic E-state index is 0.0710. The van der Waals surface area contributed by atoms with Gasteiger partial charge in [0.25, 0.3) is 5.22 Å². The van der Waals surface area contributed by atoms with Crippen LogP contribution in [0.4, 0.5) is 0 Å². The predicted octanol–water partition coefficient (Wildman–Crippen LogP) is 3.46. The Hall–Kier alpha value is -2.20. The highest BCUT2D eigenvalue weighted by Crippen LogP contribution is 2.25. The van der Waals surface area contributed by atoms with Gasteiger partial charge in [0.15, 0.2) is 5.78 Å². The van der Waals surface area contributed by atoms with Gasteiger partial charge in [-0.05, 0) is 30.2 Å². The molecule has 3 aromatic rings. The zero-order chi connectivity index (χ0) is 20.9. The lowest BCUT2D eigenvalue weighted by molar-refractivity contribution is 0.102. The highest BCUT2D eigenvalue weighted by atomic mass is 35.5. The van der Waals surface area contributed by atoms with Gasteiger partial charge in [0.05, 0.1) is 12.0 Å². The van der Waals surface area contributed by atoms with E-state index in [9.17, 15) is 13.2 Å². The first kappa shape index (κ1) is 21.5. The lowest BCUT2D eigenvalue weighted by Gasteiger charge is -2.04. The minimum atomic E-state index is -3.20. The SMILES string of the molecule is CS(=O)(=O)NCCc1ccc(C(=O)CSc2nnc(-c3cccc(Cl)c3)o2)cc1. The number of nitrogens with zero attached hydrogens (tertiary/aromatic N) is 2. The summed E-state index contributed by atoms with van der Waals surface area (Å²) in [5, 5.41) is 8.80. The number of ketones is 1. The van der Waals surface area contributed by atoms with E-state index in [1.54, 1.807) is 30.3 Å². The molecule has 0 amide bonds. The molecule has 1 heterocycles. The van der Waals surface area contributed by atoms with Gasteiger partial charge in [-0.25, -0.2) is 13.1 Å². The number of sulfonamides is 1. The molecule has 2 aromatic carbocycles. The minimum Gasteiger partial charge on any atom is -0.411 e. The molecule has 3 rings (SSSR count). The van der Waals surface area contributed by atoms with Crippen LogP contribution in [0, 0.1) is 0 Å². The van der Waals surface area contributed by atoms with Crippen molar-refractivity contribution in [3.8, 4) is 11.5 Å². The summed E-state index contributed by atoms with van der Waals surface area (Å²) in [4.78, 5) is 12.4. The number of rotatable bonds is 9. The smallest absolute Gasteiger partial charge is 0.277 e. The molecule has 1 aromatic heterocycles. The third-order valence-electron chi connectivity index (χ3n) is 3.86. The average Bonchev–Trinajstić information content (AvgIpc) is 3.15. The van der Waals surface area contributed by atoms with Crippen LogP contribution >= 0.6 is 23.4 Å². The van der Waals surface area contributed by atoms with Gasteiger partial charge in [0, 0.05) is 22.7 Å². The molecule has 0 radical (unpaired) electrons. The van der Waals surface area contributed by atoms with Gasteiger partial charge in [-0.3, -0.25) is 4.79 Å². The summed E-state index contributed by atoms with van der Waals surface area (Å²) < 4.78 is 30.1. The van der Waals surface area contributed by atoms with E-state index in [4.69, 9.17) is 16.0 Å². The number of Topliss-reactive ketones (excluding diaryl/α,β-unsaturated/α-hetero) is 1. The van der Waals surface area contributed by atoms with Crippen molar-refractivity contribution in [2.24, 2.45) is 0 Å². The molecule has 0 saturated heterocycles. The van der Waals surface area contributed by atoms with Gasteiger partial charge in [-0.1, -0.05) is 53.7 Å². The molecule has 0 aliphatic rings.